The molecule has 0 bridgehead atoms. The first kappa shape index (κ1) is 17.0. The van der Waals surface area contributed by atoms with E-state index in [0.29, 0.717) is 24.8 Å². The normalized spacial score (nSPS) is 15.2. The molecular formula is C17H30N2O. The zero-order chi connectivity index (χ0) is 15.2. The summed E-state index contributed by atoms with van der Waals surface area (Å²) in [5.74, 6) is 0.699. The molecule has 114 valence electrons. The summed E-state index contributed by atoms with van der Waals surface area (Å²) in [5.41, 5.74) is -0.775. The quantitative estimate of drug-likeness (QED) is 0.636. The van der Waals surface area contributed by atoms with Crippen molar-refractivity contribution < 1.29 is 4.79 Å². The molecule has 0 unspecified atom stereocenters. The summed E-state index contributed by atoms with van der Waals surface area (Å²) >= 11 is 0. The Morgan fingerprint density at radius 3 is 2.20 bits per heavy atom. The molecule has 1 saturated carbocycles. The Labute approximate surface area is 124 Å². The van der Waals surface area contributed by atoms with Crippen LogP contribution in [0, 0.1) is 22.7 Å². The van der Waals surface area contributed by atoms with Crippen molar-refractivity contribution >= 4 is 5.91 Å². The molecule has 20 heavy (non-hydrogen) atoms. The number of rotatable bonds is 9. The fourth-order valence-electron chi connectivity index (χ4n) is 2.86. The number of carbonyl (C=O) groups excluding carboxylic acids is 1. The molecule has 1 amide bonds. The standard InChI is InChI=1S/C17H30N2O/c1-5-10-17(13-18,11-6-2)16(20)19(15-7-8-15)12-9-14(3)4/h14-15H,5-12H2,1-4H3. The van der Waals surface area contributed by atoms with Crippen molar-refractivity contribution in [3.63, 3.8) is 0 Å². The Balaban J connectivity index is 2.86. The lowest BCUT2D eigenvalue weighted by Gasteiger charge is -2.33. The monoisotopic (exact) mass is 278 g/mol. The van der Waals surface area contributed by atoms with E-state index in [1.54, 1.807) is 0 Å². The van der Waals surface area contributed by atoms with Gasteiger partial charge >= 0.3 is 0 Å². The Morgan fingerprint density at radius 1 is 1.30 bits per heavy atom. The third-order valence-corrected chi connectivity index (χ3v) is 4.17. The van der Waals surface area contributed by atoms with Gasteiger partial charge in [0.1, 0.15) is 5.41 Å². The van der Waals surface area contributed by atoms with Crippen molar-refractivity contribution in [1.29, 1.82) is 5.26 Å². The van der Waals surface area contributed by atoms with E-state index in [9.17, 15) is 10.1 Å². The Kier molecular flexibility index (Phi) is 6.52. The summed E-state index contributed by atoms with van der Waals surface area (Å²) in [6.07, 6.45) is 6.43. The van der Waals surface area contributed by atoms with Gasteiger partial charge in [-0.2, -0.15) is 5.26 Å². The fourth-order valence-corrected chi connectivity index (χ4v) is 2.86. The van der Waals surface area contributed by atoms with Gasteiger partial charge in [0, 0.05) is 12.6 Å². The molecule has 3 nitrogen and oxygen atoms in total. The van der Waals surface area contributed by atoms with Crippen LogP contribution >= 0.6 is 0 Å². The number of nitrogens with zero attached hydrogens (tertiary/aromatic N) is 2. The van der Waals surface area contributed by atoms with Crippen molar-refractivity contribution in [1.82, 2.24) is 4.90 Å². The summed E-state index contributed by atoms with van der Waals surface area (Å²) in [6, 6.07) is 2.78. The van der Waals surface area contributed by atoms with Gasteiger partial charge in [0.2, 0.25) is 5.91 Å². The maximum Gasteiger partial charge on any atom is 0.243 e. The number of hydrogen-bond acceptors (Lipinski definition) is 2. The lowest BCUT2D eigenvalue weighted by Crippen LogP contribution is -2.45. The molecule has 0 aromatic rings. The van der Waals surface area contributed by atoms with Crippen LogP contribution in [0.1, 0.15) is 72.6 Å². The highest BCUT2D eigenvalue weighted by Crippen LogP contribution is 2.36. The first-order valence-electron chi connectivity index (χ1n) is 8.23. The van der Waals surface area contributed by atoms with E-state index >= 15 is 0 Å². The molecule has 1 aliphatic carbocycles. The molecule has 0 N–H and O–H groups in total. The molecule has 0 heterocycles. The number of hydrogen-bond donors (Lipinski definition) is 0. The third-order valence-electron chi connectivity index (χ3n) is 4.17. The topological polar surface area (TPSA) is 44.1 Å². The maximum atomic E-state index is 13.0. The zero-order valence-electron chi connectivity index (χ0n) is 13.6. The molecule has 0 radical (unpaired) electrons. The molecule has 0 aliphatic heterocycles. The van der Waals surface area contributed by atoms with Gasteiger partial charge in [-0.05, 0) is 38.0 Å². The molecule has 0 spiro atoms. The highest BCUT2D eigenvalue weighted by atomic mass is 16.2. The minimum atomic E-state index is -0.775. The predicted octanol–water partition coefficient (Wildman–Crippen LogP) is 4.13. The zero-order valence-corrected chi connectivity index (χ0v) is 13.6. The summed E-state index contributed by atoms with van der Waals surface area (Å²) in [6.45, 7) is 9.31. The van der Waals surface area contributed by atoms with Crippen LogP contribution in [-0.4, -0.2) is 23.4 Å². The highest BCUT2D eigenvalue weighted by Gasteiger charge is 2.44. The van der Waals surface area contributed by atoms with Crippen LogP contribution in [-0.2, 0) is 4.79 Å². The summed E-state index contributed by atoms with van der Waals surface area (Å²) in [4.78, 5) is 15.0. The largest absolute Gasteiger partial charge is 0.338 e. The first-order valence-corrected chi connectivity index (χ1v) is 8.23. The summed E-state index contributed by atoms with van der Waals surface area (Å²) in [5, 5.41) is 9.64. The molecule has 3 heteroatoms. The Hall–Kier alpha value is -1.04. The van der Waals surface area contributed by atoms with Crippen LogP contribution in [0.5, 0.6) is 0 Å². The van der Waals surface area contributed by atoms with E-state index in [0.717, 1.165) is 38.6 Å². The molecule has 0 atom stereocenters. The minimum absolute atomic E-state index is 0.104. The van der Waals surface area contributed by atoms with Gasteiger partial charge in [-0.25, -0.2) is 0 Å². The van der Waals surface area contributed by atoms with Gasteiger partial charge in [0.15, 0.2) is 0 Å². The number of nitriles is 1. The molecule has 0 aromatic carbocycles. The average molecular weight is 278 g/mol. The fraction of sp³-hybridized carbons (Fsp3) is 0.882. The van der Waals surface area contributed by atoms with Crippen molar-refractivity contribution in [2.24, 2.45) is 11.3 Å². The molecule has 1 rings (SSSR count). The Bertz CT molecular complexity index is 346. The van der Waals surface area contributed by atoms with E-state index in [-0.39, 0.29) is 5.91 Å². The number of amides is 1. The van der Waals surface area contributed by atoms with Crippen LogP contribution in [0.2, 0.25) is 0 Å². The summed E-state index contributed by atoms with van der Waals surface area (Å²) in [7, 11) is 0. The van der Waals surface area contributed by atoms with Gasteiger partial charge in [0.05, 0.1) is 6.07 Å². The Morgan fingerprint density at radius 2 is 1.85 bits per heavy atom. The smallest absolute Gasteiger partial charge is 0.243 e. The van der Waals surface area contributed by atoms with Gasteiger partial charge in [0.25, 0.3) is 0 Å². The predicted molar refractivity (Wildman–Crippen MR) is 82.1 cm³/mol. The van der Waals surface area contributed by atoms with Crippen LogP contribution in [0.4, 0.5) is 0 Å². The SMILES string of the molecule is CCCC(C#N)(CCC)C(=O)N(CCC(C)C)C1CC1. The average Bonchev–Trinajstić information content (AvgIpc) is 3.22. The van der Waals surface area contributed by atoms with E-state index < -0.39 is 5.41 Å². The van der Waals surface area contributed by atoms with E-state index in [2.05, 4.69) is 33.8 Å². The highest BCUT2D eigenvalue weighted by molar-refractivity contribution is 5.86. The van der Waals surface area contributed by atoms with Crippen LogP contribution in [0.25, 0.3) is 0 Å². The maximum absolute atomic E-state index is 13.0. The van der Waals surface area contributed by atoms with Crippen LogP contribution in [0.15, 0.2) is 0 Å². The van der Waals surface area contributed by atoms with Crippen molar-refractivity contribution in [3.05, 3.63) is 0 Å². The molecule has 1 fully saturated rings. The molecular weight excluding hydrogens is 248 g/mol. The van der Waals surface area contributed by atoms with Gasteiger partial charge < -0.3 is 4.90 Å². The van der Waals surface area contributed by atoms with Crippen molar-refractivity contribution in [2.45, 2.75) is 78.7 Å². The van der Waals surface area contributed by atoms with E-state index in [4.69, 9.17) is 0 Å². The second kappa shape index (κ2) is 7.67. The molecule has 0 aromatic heterocycles. The first-order chi connectivity index (χ1) is 9.50. The van der Waals surface area contributed by atoms with E-state index in [1.165, 1.54) is 0 Å². The third kappa shape index (κ3) is 4.23. The molecule has 1 aliphatic rings. The van der Waals surface area contributed by atoms with E-state index in [1.807, 2.05) is 4.90 Å². The number of carbonyl (C=O) groups is 1. The van der Waals surface area contributed by atoms with Gasteiger partial charge in [-0.15, -0.1) is 0 Å². The molecule has 0 saturated heterocycles. The van der Waals surface area contributed by atoms with Crippen LogP contribution < -0.4 is 0 Å². The lowest BCUT2D eigenvalue weighted by atomic mass is 9.79. The van der Waals surface area contributed by atoms with Gasteiger partial charge in [-0.3, -0.25) is 4.79 Å². The van der Waals surface area contributed by atoms with Crippen molar-refractivity contribution in [2.75, 3.05) is 6.54 Å². The summed E-state index contributed by atoms with van der Waals surface area (Å²) < 4.78 is 0. The van der Waals surface area contributed by atoms with Crippen LogP contribution in [0.3, 0.4) is 0 Å². The van der Waals surface area contributed by atoms with Gasteiger partial charge in [-0.1, -0.05) is 40.5 Å². The second-order valence-corrected chi connectivity index (χ2v) is 6.61. The minimum Gasteiger partial charge on any atom is -0.338 e. The second-order valence-electron chi connectivity index (χ2n) is 6.61. The van der Waals surface area contributed by atoms with Crippen molar-refractivity contribution in [3.8, 4) is 6.07 Å². The lowest BCUT2D eigenvalue weighted by molar-refractivity contribution is -0.140.